The monoisotopic (exact) mass is 255 g/mol. The lowest BCUT2D eigenvalue weighted by Crippen LogP contribution is -2.07. The van der Waals surface area contributed by atoms with E-state index in [-0.39, 0.29) is 11.3 Å². The van der Waals surface area contributed by atoms with Crippen molar-refractivity contribution in [1.82, 2.24) is 0 Å². The molecule has 3 N–H and O–H groups in total. The molecule has 1 rings (SSSR count). The molecule has 0 aliphatic carbocycles. The van der Waals surface area contributed by atoms with Crippen molar-refractivity contribution in [2.45, 2.75) is 13.3 Å². The fourth-order valence-electron chi connectivity index (χ4n) is 1.36. The molecule has 17 heavy (non-hydrogen) atoms. The number of thioether (sulfide) groups is 1. The standard InChI is InChI=1S/C12H17NO3S/c1-2-17-8-4-7-16-11-9(12(14)15)5-3-6-10(11)13/h3,5-6H,2,4,7-8,13H2,1H3,(H,14,15). The Morgan fingerprint density at radius 2 is 2.29 bits per heavy atom. The van der Waals surface area contributed by atoms with Gasteiger partial charge >= 0.3 is 5.97 Å². The summed E-state index contributed by atoms with van der Waals surface area (Å²) in [6.45, 7) is 2.59. The van der Waals surface area contributed by atoms with Crippen molar-refractivity contribution in [2.24, 2.45) is 0 Å². The van der Waals surface area contributed by atoms with Crippen LogP contribution >= 0.6 is 11.8 Å². The van der Waals surface area contributed by atoms with Gasteiger partial charge in [0.1, 0.15) is 5.56 Å². The van der Waals surface area contributed by atoms with Crippen LogP contribution in [0.4, 0.5) is 5.69 Å². The van der Waals surface area contributed by atoms with E-state index in [2.05, 4.69) is 6.92 Å². The van der Waals surface area contributed by atoms with Crippen molar-refractivity contribution >= 4 is 23.4 Å². The zero-order valence-electron chi connectivity index (χ0n) is 9.81. The topological polar surface area (TPSA) is 72.5 Å². The number of para-hydroxylation sites is 1. The van der Waals surface area contributed by atoms with E-state index in [1.165, 1.54) is 6.07 Å². The minimum Gasteiger partial charge on any atom is -0.490 e. The second kappa shape index (κ2) is 7.06. The summed E-state index contributed by atoms with van der Waals surface area (Å²) in [5, 5.41) is 8.99. The van der Waals surface area contributed by atoms with E-state index >= 15 is 0 Å². The van der Waals surface area contributed by atoms with Gasteiger partial charge in [0, 0.05) is 0 Å². The lowest BCUT2D eigenvalue weighted by molar-refractivity contribution is 0.0692. The van der Waals surface area contributed by atoms with Crippen LogP contribution in [-0.2, 0) is 0 Å². The number of nitrogen functional groups attached to an aromatic ring is 1. The molecule has 0 bridgehead atoms. The Labute approximate surface area is 105 Å². The average Bonchev–Trinajstić information content (AvgIpc) is 2.30. The van der Waals surface area contributed by atoms with Gasteiger partial charge in [-0.25, -0.2) is 4.79 Å². The third kappa shape index (κ3) is 4.19. The van der Waals surface area contributed by atoms with Gasteiger partial charge in [0.2, 0.25) is 0 Å². The maximum atomic E-state index is 11.0. The molecular formula is C12H17NO3S. The Morgan fingerprint density at radius 3 is 2.94 bits per heavy atom. The van der Waals surface area contributed by atoms with Crippen molar-refractivity contribution in [2.75, 3.05) is 23.8 Å². The molecular weight excluding hydrogens is 238 g/mol. The van der Waals surface area contributed by atoms with Gasteiger partial charge in [0.05, 0.1) is 12.3 Å². The molecule has 0 fully saturated rings. The first-order chi connectivity index (χ1) is 8.16. The van der Waals surface area contributed by atoms with Gasteiger partial charge in [-0.2, -0.15) is 11.8 Å². The molecule has 5 heteroatoms. The molecule has 0 spiro atoms. The van der Waals surface area contributed by atoms with Crippen molar-refractivity contribution < 1.29 is 14.6 Å². The number of hydrogen-bond donors (Lipinski definition) is 2. The number of carboxylic acids is 1. The smallest absolute Gasteiger partial charge is 0.339 e. The lowest BCUT2D eigenvalue weighted by Gasteiger charge is -2.11. The quantitative estimate of drug-likeness (QED) is 0.578. The fraction of sp³-hybridized carbons (Fsp3) is 0.417. The second-order valence-electron chi connectivity index (χ2n) is 3.43. The van der Waals surface area contributed by atoms with E-state index in [1.54, 1.807) is 12.1 Å². The number of ether oxygens (including phenoxy) is 1. The summed E-state index contributed by atoms with van der Waals surface area (Å²) < 4.78 is 5.46. The fourth-order valence-corrected chi connectivity index (χ4v) is 1.97. The molecule has 0 saturated heterocycles. The number of carbonyl (C=O) groups is 1. The Balaban J connectivity index is 2.60. The summed E-state index contributed by atoms with van der Waals surface area (Å²) in [6.07, 6.45) is 0.881. The van der Waals surface area contributed by atoms with Gasteiger partial charge in [-0.3, -0.25) is 0 Å². The number of aromatic carboxylic acids is 1. The molecule has 0 saturated carbocycles. The molecule has 0 aliphatic heterocycles. The molecule has 0 radical (unpaired) electrons. The first-order valence-electron chi connectivity index (χ1n) is 5.49. The Hall–Kier alpha value is -1.36. The molecule has 0 unspecified atom stereocenters. The van der Waals surface area contributed by atoms with Gasteiger partial charge in [-0.1, -0.05) is 13.0 Å². The molecule has 0 amide bonds. The normalized spacial score (nSPS) is 10.2. The summed E-state index contributed by atoms with van der Waals surface area (Å²) in [5.41, 5.74) is 6.19. The average molecular weight is 255 g/mol. The van der Waals surface area contributed by atoms with Crippen LogP contribution < -0.4 is 10.5 Å². The van der Waals surface area contributed by atoms with E-state index in [0.29, 0.717) is 12.3 Å². The number of carboxylic acid groups (broad SMARTS) is 1. The van der Waals surface area contributed by atoms with E-state index in [9.17, 15) is 4.79 Å². The van der Waals surface area contributed by atoms with Crippen LogP contribution in [0.3, 0.4) is 0 Å². The third-order valence-corrected chi connectivity index (χ3v) is 3.15. The SMILES string of the molecule is CCSCCCOc1c(N)cccc1C(=O)O. The zero-order valence-corrected chi connectivity index (χ0v) is 10.6. The van der Waals surface area contributed by atoms with Crippen LogP contribution in [0.25, 0.3) is 0 Å². The van der Waals surface area contributed by atoms with Crippen LogP contribution in [0.5, 0.6) is 5.75 Å². The number of anilines is 1. The predicted octanol–water partition coefficient (Wildman–Crippen LogP) is 2.49. The summed E-state index contributed by atoms with van der Waals surface area (Å²) in [6, 6.07) is 4.75. The van der Waals surface area contributed by atoms with Crippen molar-refractivity contribution in [3.63, 3.8) is 0 Å². The highest BCUT2D eigenvalue weighted by Crippen LogP contribution is 2.26. The van der Waals surface area contributed by atoms with Crippen LogP contribution in [-0.4, -0.2) is 29.2 Å². The maximum absolute atomic E-state index is 11.0. The van der Waals surface area contributed by atoms with E-state index in [1.807, 2.05) is 11.8 Å². The Bertz CT molecular complexity index is 382. The largest absolute Gasteiger partial charge is 0.490 e. The summed E-state index contributed by atoms with van der Waals surface area (Å²) in [4.78, 5) is 11.0. The van der Waals surface area contributed by atoms with Gasteiger partial charge in [0.25, 0.3) is 0 Å². The molecule has 1 aromatic rings. The minimum absolute atomic E-state index is 0.119. The minimum atomic E-state index is -1.02. The van der Waals surface area contributed by atoms with Gasteiger partial charge in [0.15, 0.2) is 5.75 Å². The number of hydrogen-bond acceptors (Lipinski definition) is 4. The highest BCUT2D eigenvalue weighted by molar-refractivity contribution is 7.99. The van der Waals surface area contributed by atoms with Crippen molar-refractivity contribution in [3.8, 4) is 5.75 Å². The highest BCUT2D eigenvalue weighted by Gasteiger charge is 2.13. The highest BCUT2D eigenvalue weighted by atomic mass is 32.2. The predicted molar refractivity (Wildman–Crippen MR) is 70.9 cm³/mol. The van der Waals surface area contributed by atoms with Crippen LogP contribution in [0.15, 0.2) is 18.2 Å². The molecule has 94 valence electrons. The molecule has 0 aromatic heterocycles. The molecule has 0 heterocycles. The van der Waals surface area contributed by atoms with E-state index in [0.717, 1.165) is 17.9 Å². The number of nitrogens with two attached hydrogens (primary N) is 1. The van der Waals surface area contributed by atoms with Crippen molar-refractivity contribution in [3.05, 3.63) is 23.8 Å². The van der Waals surface area contributed by atoms with E-state index < -0.39 is 5.97 Å². The molecule has 0 aliphatic rings. The molecule has 0 atom stereocenters. The first-order valence-corrected chi connectivity index (χ1v) is 6.64. The lowest BCUT2D eigenvalue weighted by atomic mass is 10.2. The Morgan fingerprint density at radius 1 is 1.53 bits per heavy atom. The van der Waals surface area contributed by atoms with Crippen LogP contribution in [0, 0.1) is 0 Å². The second-order valence-corrected chi connectivity index (χ2v) is 4.82. The molecule has 4 nitrogen and oxygen atoms in total. The Kier molecular flexibility index (Phi) is 5.69. The summed E-state index contributed by atoms with van der Waals surface area (Å²) >= 11 is 1.83. The van der Waals surface area contributed by atoms with E-state index in [4.69, 9.17) is 15.6 Å². The van der Waals surface area contributed by atoms with Crippen LogP contribution in [0.1, 0.15) is 23.7 Å². The number of rotatable bonds is 7. The van der Waals surface area contributed by atoms with Gasteiger partial charge < -0.3 is 15.6 Å². The van der Waals surface area contributed by atoms with Gasteiger partial charge in [-0.05, 0) is 30.1 Å². The van der Waals surface area contributed by atoms with Gasteiger partial charge in [-0.15, -0.1) is 0 Å². The third-order valence-electron chi connectivity index (χ3n) is 2.16. The molecule has 1 aromatic carbocycles. The van der Waals surface area contributed by atoms with Crippen LogP contribution in [0.2, 0.25) is 0 Å². The zero-order chi connectivity index (χ0) is 12.7. The maximum Gasteiger partial charge on any atom is 0.339 e. The summed E-state index contributed by atoms with van der Waals surface area (Å²) in [5.74, 6) is 1.34. The summed E-state index contributed by atoms with van der Waals surface area (Å²) in [7, 11) is 0. The van der Waals surface area contributed by atoms with Crippen molar-refractivity contribution in [1.29, 1.82) is 0 Å². The first kappa shape index (κ1) is 13.7. The number of benzene rings is 1.